The minimum Gasteiger partial charge on any atom is -0.379 e. The number of hydrogen-bond donors (Lipinski definition) is 3. The van der Waals surface area contributed by atoms with E-state index in [1.165, 1.54) is 0 Å². The third-order valence-corrected chi connectivity index (χ3v) is 4.42. The largest absolute Gasteiger partial charge is 0.379 e. The van der Waals surface area contributed by atoms with Gasteiger partial charge in [0.1, 0.15) is 4.88 Å². The molecule has 3 rings (SSSR count). The highest BCUT2D eigenvalue weighted by molar-refractivity contribution is 7.16. The second-order valence-corrected chi connectivity index (χ2v) is 5.86. The van der Waals surface area contributed by atoms with Gasteiger partial charge >= 0.3 is 0 Å². The monoisotopic (exact) mass is 307 g/mol. The molecule has 1 aromatic carbocycles. The highest BCUT2D eigenvalue weighted by Crippen LogP contribution is 2.38. The lowest BCUT2D eigenvalue weighted by molar-refractivity contribution is -0.284. The molecular formula is C14H17N3O3S. The molecule has 0 atom stereocenters. The Bertz CT molecular complexity index is 609. The van der Waals surface area contributed by atoms with Gasteiger partial charge in [0.25, 0.3) is 5.91 Å². The molecule has 112 valence electrons. The van der Waals surface area contributed by atoms with Crippen molar-refractivity contribution in [3.05, 3.63) is 35.2 Å². The Morgan fingerprint density at radius 1 is 1.19 bits per heavy atom. The van der Waals surface area contributed by atoms with Gasteiger partial charge in [-0.1, -0.05) is 41.7 Å². The molecule has 4 N–H and O–H groups in total. The van der Waals surface area contributed by atoms with E-state index >= 15 is 0 Å². The number of thiazole rings is 1. The van der Waals surface area contributed by atoms with Crippen molar-refractivity contribution in [2.75, 3.05) is 32.0 Å². The molecule has 6 nitrogen and oxygen atoms in total. The van der Waals surface area contributed by atoms with Gasteiger partial charge in [-0.15, -0.1) is 0 Å². The van der Waals surface area contributed by atoms with Gasteiger partial charge in [-0.3, -0.25) is 0 Å². The minimum absolute atomic E-state index is 0.310. The summed E-state index contributed by atoms with van der Waals surface area (Å²) >= 11 is 1.09. The van der Waals surface area contributed by atoms with Gasteiger partial charge in [-0.05, 0) is 0 Å². The lowest BCUT2D eigenvalue weighted by atomic mass is 10.1. The number of nitrogens with zero attached hydrogens (tertiary/aromatic N) is 2. The second-order valence-electron chi connectivity index (χ2n) is 4.83. The topological polar surface area (TPSA) is 91.8 Å². The van der Waals surface area contributed by atoms with Gasteiger partial charge in [-0.2, -0.15) is 0 Å². The van der Waals surface area contributed by atoms with E-state index < -0.39 is 5.91 Å². The van der Waals surface area contributed by atoms with Crippen molar-refractivity contribution in [2.24, 2.45) is 0 Å². The smallest absolute Gasteiger partial charge is 0.265 e. The maximum absolute atomic E-state index is 10.6. The van der Waals surface area contributed by atoms with Crippen LogP contribution in [0.15, 0.2) is 30.3 Å². The summed E-state index contributed by atoms with van der Waals surface area (Å²) in [6.45, 7) is 1.83. The SMILES string of the molecule is Nc1nc(-c2ccccc2)c(C(O)(O)N2CCOCC2)s1. The molecule has 7 heteroatoms. The molecule has 0 unspecified atom stereocenters. The van der Waals surface area contributed by atoms with E-state index in [4.69, 9.17) is 10.5 Å². The Kier molecular flexibility index (Phi) is 3.92. The van der Waals surface area contributed by atoms with Crippen LogP contribution in [0, 0.1) is 0 Å². The number of nitrogens with two attached hydrogens (primary N) is 1. The van der Waals surface area contributed by atoms with Crippen molar-refractivity contribution in [1.82, 2.24) is 9.88 Å². The predicted molar refractivity (Wildman–Crippen MR) is 80.5 cm³/mol. The zero-order valence-electron chi connectivity index (χ0n) is 11.4. The third kappa shape index (κ3) is 2.78. The summed E-state index contributed by atoms with van der Waals surface area (Å²) in [5.41, 5.74) is 7.10. The van der Waals surface area contributed by atoms with E-state index in [0.717, 1.165) is 16.9 Å². The van der Waals surface area contributed by atoms with Crippen LogP contribution in [0.25, 0.3) is 11.3 Å². The molecule has 21 heavy (non-hydrogen) atoms. The highest BCUT2D eigenvalue weighted by Gasteiger charge is 2.39. The third-order valence-electron chi connectivity index (χ3n) is 3.45. The molecule has 0 amide bonds. The molecular weight excluding hydrogens is 290 g/mol. The molecule has 1 aliphatic heterocycles. The van der Waals surface area contributed by atoms with Gasteiger partial charge < -0.3 is 20.7 Å². The second kappa shape index (κ2) is 5.70. The number of hydrogen-bond acceptors (Lipinski definition) is 7. The standard InChI is InChI=1S/C14H17N3O3S/c15-13-16-11(10-4-2-1-3-5-10)12(21-13)14(18,19)17-6-8-20-9-7-17/h1-5,18-19H,6-9H2,(H2,15,16). The van der Waals surface area contributed by atoms with Crippen molar-refractivity contribution in [3.63, 3.8) is 0 Å². The normalized spacial score (nSPS) is 17.0. The maximum Gasteiger partial charge on any atom is 0.265 e. The molecule has 1 fully saturated rings. The van der Waals surface area contributed by atoms with Gasteiger partial charge in [0.2, 0.25) is 0 Å². The molecule has 1 aromatic heterocycles. The Balaban J connectivity index is 2.01. The molecule has 2 aromatic rings. The van der Waals surface area contributed by atoms with Crippen LogP contribution in [0.2, 0.25) is 0 Å². The van der Waals surface area contributed by atoms with Crippen molar-refractivity contribution in [2.45, 2.75) is 5.91 Å². The van der Waals surface area contributed by atoms with Crippen LogP contribution in [0.3, 0.4) is 0 Å². The van der Waals surface area contributed by atoms with Crippen molar-refractivity contribution < 1.29 is 14.9 Å². The Morgan fingerprint density at radius 2 is 1.86 bits per heavy atom. The highest BCUT2D eigenvalue weighted by atomic mass is 32.1. The number of aromatic nitrogens is 1. The molecule has 1 aliphatic rings. The van der Waals surface area contributed by atoms with E-state index in [-0.39, 0.29) is 0 Å². The Hall–Kier alpha value is -1.51. The maximum atomic E-state index is 10.6. The minimum atomic E-state index is -2.09. The van der Waals surface area contributed by atoms with E-state index in [1.807, 2.05) is 30.3 Å². The fourth-order valence-electron chi connectivity index (χ4n) is 2.37. The fraction of sp³-hybridized carbons (Fsp3) is 0.357. The summed E-state index contributed by atoms with van der Waals surface area (Å²) in [5.74, 6) is -2.09. The number of rotatable bonds is 3. The Morgan fingerprint density at radius 3 is 2.52 bits per heavy atom. The van der Waals surface area contributed by atoms with Gasteiger partial charge in [-0.25, -0.2) is 9.88 Å². The summed E-state index contributed by atoms with van der Waals surface area (Å²) in [4.78, 5) is 6.17. The first-order valence-corrected chi connectivity index (χ1v) is 7.50. The number of anilines is 1. The number of ether oxygens (including phenoxy) is 1. The van der Waals surface area contributed by atoms with Gasteiger partial charge in [0, 0.05) is 18.7 Å². The first-order valence-electron chi connectivity index (χ1n) is 6.69. The van der Waals surface area contributed by atoms with Crippen molar-refractivity contribution >= 4 is 16.5 Å². The average molecular weight is 307 g/mol. The molecule has 2 heterocycles. The lowest BCUT2D eigenvalue weighted by Gasteiger charge is -2.36. The summed E-state index contributed by atoms with van der Waals surface area (Å²) in [5, 5.41) is 21.5. The lowest BCUT2D eigenvalue weighted by Crippen LogP contribution is -2.51. The zero-order chi connectivity index (χ0) is 14.9. The molecule has 0 aliphatic carbocycles. The quantitative estimate of drug-likeness (QED) is 0.727. The first kappa shape index (κ1) is 14.4. The summed E-state index contributed by atoms with van der Waals surface area (Å²) in [6, 6.07) is 9.38. The molecule has 0 bridgehead atoms. The zero-order valence-corrected chi connectivity index (χ0v) is 12.2. The van der Waals surface area contributed by atoms with Crippen LogP contribution in [-0.2, 0) is 10.6 Å². The van der Waals surface area contributed by atoms with Crippen LogP contribution in [-0.4, -0.2) is 46.4 Å². The van der Waals surface area contributed by atoms with Crippen molar-refractivity contribution in [1.29, 1.82) is 0 Å². The van der Waals surface area contributed by atoms with Gasteiger partial charge in [0.05, 0.1) is 18.9 Å². The van der Waals surface area contributed by atoms with Gasteiger partial charge in [0.15, 0.2) is 5.13 Å². The number of nitrogen functional groups attached to an aromatic ring is 1. The molecule has 0 spiro atoms. The van der Waals surface area contributed by atoms with Crippen LogP contribution in [0.5, 0.6) is 0 Å². The van der Waals surface area contributed by atoms with E-state index in [2.05, 4.69) is 4.98 Å². The molecule has 0 saturated carbocycles. The van der Waals surface area contributed by atoms with Crippen LogP contribution >= 0.6 is 11.3 Å². The van der Waals surface area contributed by atoms with Crippen molar-refractivity contribution in [3.8, 4) is 11.3 Å². The van der Waals surface area contributed by atoms with Crippen LogP contribution < -0.4 is 5.73 Å². The number of benzene rings is 1. The number of aliphatic hydroxyl groups is 2. The van der Waals surface area contributed by atoms with E-state index in [1.54, 1.807) is 4.90 Å². The summed E-state index contributed by atoms with van der Waals surface area (Å²) in [7, 11) is 0. The first-order chi connectivity index (χ1) is 10.1. The van der Waals surface area contributed by atoms with Crippen LogP contribution in [0.4, 0.5) is 5.13 Å². The average Bonchev–Trinajstić information content (AvgIpc) is 2.92. The summed E-state index contributed by atoms with van der Waals surface area (Å²) in [6.07, 6.45) is 0. The predicted octanol–water partition coefficient (Wildman–Crippen LogP) is 0.819. The number of morpholine rings is 1. The Labute approximate surface area is 126 Å². The van der Waals surface area contributed by atoms with Crippen LogP contribution in [0.1, 0.15) is 4.88 Å². The fourth-order valence-corrected chi connectivity index (χ4v) is 3.25. The van der Waals surface area contributed by atoms with E-state index in [0.29, 0.717) is 42.0 Å². The molecule has 1 saturated heterocycles. The molecule has 0 radical (unpaired) electrons. The summed E-state index contributed by atoms with van der Waals surface area (Å²) < 4.78 is 5.25. The van der Waals surface area contributed by atoms with E-state index in [9.17, 15) is 10.2 Å².